The monoisotopic (exact) mass is 583 g/mol. The van der Waals surface area contributed by atoms with E-state index in [-0.39, 0.29) is 0 Å². The first kappa shape index (κ1) is 26.1. The molecule has 0 bridgehead atoms. The van der Waals surface area contributed by atoms with Gasteiger partial charge in [0.15, 0.2) is 0 Å². The minimum absolute atomic E-state index is 1.17. The van der Waals surface area contributed by atoms with Gasteiger partial charge in [-0.2, -0.15) is 0 Å². The number of fused-ring (bicyclic) bond motifs is 12. The summed E-state index contributed by atoms with van der Waals surface area (Å²) in [5.74, 6) is 0. The Bertz CT molecular complexity index is 2740. The highest BCUT2D eigenvalue weighted by Gasteiger charge is 2.17. The summed E-state index contributed by atoms with van der Waals surface area (Å²) in [5.41, 5.74) is 7.23. The molecule has 0 unspecified atom stereocenters. The van der Waals surface area contributed by atoms with Crippen molar-refractivity contribution in [2.45, 2.75) is 0 Å². The molecule has 214 valence electrons. The van der Waals surface area contributed by atoms with Crippen molar-refractivity contribution in [1.82, 2.24) is 9.13 Å². The number of hydrogen-bond acceptors (Lipinski definition) is 0. The van der Waals surface area contributed by atoms with E-state index in [1.54, 1.807) is 0 Å². The van der Waals surface area contributed by atoms with E-state index in [0.717, 1.165) is 0 Å². The Labute approximate surface area is 266 Å². The predicted octanol–water partition coefficient (Wildman–Crippen LogP) is 11.5. The Kier molecular flexibility index (Phi) is 5.75. The third-order valence-corrected chi connectivity index (χ3v) is 9.48. The Balaban J connectivity index is 0.00000143. The molecule has 0 aliphatic heterocycles. The van der Waals surface area contributed by atoms with Crippen LogP contribution in [0.4, 0.5) is 0 Å². The molecule has 2 aromatic heterocycles. The van der Waals surface area contributed by atoms with Gasteiger partial charge in [-0.05, 0) is 80.8 Å². The second-order valence-electron chi connectivity index (χ2n) is 11.7. The number of hydrogen-bond donors (Lipinski definition) is 0. The molecule has 2 heterocycles. The number of para-hydroxylation sites is 3. The molecule has 0 N–H and O–H groups in total. The summed E-state index contributed by atoms with van der Waals surface area (Å²) in [5, 5.41) is 12.8. The average molecular weight is 584 g/mol. The van der Waals surface area contributed by atoms with Crippen LogP contribution in [-0.4, -0.2) is 9.13 Å². The van der Waals surface area contributed by atoms with Crippen molar-refractivity contribution < 1.29 is 0 Å². The largest absolute Gasteiger partial charge is 0.697 e. The fourth-order valence-corrected chi connectivity index (χ4v) is 7.61. The van der Waals surface area contributed by atoms with Crippen LogP contribution in [0.25, 0.3) is 87.3 Å². The standard InChI is InChI=1S/C42H26N2.C2H/c1-2-13-31-29(11-1)30-12-3-4-14-32(30)37-25-27(21-23-33(31)37)44-41-20-10-7-17-36(41)38-26-28(22-24-42(38)44)43-39-18-8-5-15-34(39)35-16-6-9-19-40(35)43;1-2/h1-26H;1H/q;-1. The van der Waals surface area contributed by atoms with Crippen molar-refractivity contribution in [3.63, 3.8) is 0 Å². The molecule has 0 radical (unpaired) electrons. The lowest BCUT2D eigenvalue weighted by Gasteiger charge is -2.14. The smallest absolute Gasteiger partial charge is 0.0542 e. The lowest BCUT2D eigenvalue weighted by Crippen LogP contribution is -1.96. The van der Waals surface area contributed by atoms with Gasteiger partial charge in [-0.25, -0.2) is 0 Å². The van der Waals surface area contributed by atoms with E-state index >= 15 is 0 Å². The summed E-state index contributed by atoms with van der Waals surface area (Å²) in [6.07, 6.45) is 9.00. The van der Waals surface area contributed by atoms with Gasteiger partial charge < -0.3 is 22.0 Å². The van der Waals surface area contributed by atoms with Gasteiger partial charge in [0.2, 0.25) is 0 Å². The van der Waals surface area contributed by atoms with E-state index < -0.39 is 0 Å². The number of terminal acetylenes is 1. The fourth-order valence-electron chi connectivity index (χ4n) is 7.61. The van der Waals surface area contributed by atoms with Gasteiger partial charge in [0.1, 0.15) is 0 Å². The predicted molar refractivity (Wildman–Crippen MR) is 196 cm³/mol. The fraction of sp³-hybridized carbons (Fsp3) is 0. The van der Waals surface area contributed by atoms with Gasteiger partial charge in [0.05, 0.1) is 22.1 Å². The maximum absolute atomic E-state index is 5.25. The van der Waals surface area contributed by atoms with Crippen molar-refractivity contribution in [3.8, 4) is 17.8 Å². The summed E-state index contributed by atoms with van der Waals surface area (Å²) in [7, 11) is 0. The molecule has 0 aliphatic rings. The number of benzene rings is 8. The Morgan fingerprint density at radius 2 is 0.587 bits per heavy atom. The Hall–Kier alpha value is -6.30. The molecule has 0 spiro atoms. The van der Waals surface area contributed by atoms with Gasteiger partial charge in [0, 0.05) is 32.9 Å². The quantitative estimate of drug-likeness (QED) is 0.109. The van der Waals surface area contributed by atoms with E-state index in [4.69, 9.17) is 6.42 Å². The number of aromatic nitrogens is 2. The van der Waals surface area contributed by atoms with Crippen LogP contribution < -0.4 is 0 Å². The summed E-state index contributed by atoms with van der Waals surface area (Å²) in [4.78, 5) is 0. The van der Waals surface area contributed by atoms with Crippen LogP contribution in [0.1, 0.15) is 0 Å². The summed E-state index contributed by atoms with van der Waals surface area (Å²) < 4.78 is 4.84. The van der Waals surface area contributed by atoms with E-state index in [9.17, 15) is 0 Å². The normalized spacial score (nSPS) is 11.6. The first-order valence-corrected chi connectivity index (χ1v) is 15.5. The molecule has 0 aliphatic carbocycles. The Morgan fingerprint density at radius 1 is 0.283 bits per heavy atom. The highest BCUT2D eigenvalue weighted by Crippen LogP contribution is 2.39. The van der Waals surface area contributed by atoms with Gasteiger partial charge in [-0.1, -0.05) is 109 Å². The van der Waals surface area contributed by atoms with Crippen molar-refractivity contribution in [2.24, 2.45) is 0 Å². The number of rotatable bonds is 2. The molecule has 8 aromatic carbocycles. The molecule has 0 saturated heterocycles. The summed E-state index contributed by atoms with van der Waals surface area (Å²) >= 11 is 0. The van der Waals surface area contributed by atoms with Gasteiger partial charge in [-0.15, -0.1) is 0 Å². The van der Waals surface area contributed by atoms with E-state index in [2.05, 4.69) is 173 Å². The maximum atomic E-state index is 5.25. The first-order valence-electron chi connectivity index (χ1n) is 15.5. The molecule has 10 aromatic rings. The van der Waals surface area contributed by atoms with E-state index in [1.165, 1.54) is 87.3 Å². The van der Waals surface area contributed by atoms with Crippen molar-refractivity contribution in [2.75, 3.05) is 0 Å². The zero-order valence-corrected chi connectivity index (χ0v) is 25.0. The van der Waals surface area contributed by atoms with Crippen molar-refractivity contribution in [3.05, 3.63) is 164 Å². The van der Waals surface area contributed by atoms with Crippen molar-refractivity contribution in [1.29, 1.82) is 0 Å². The highest BCUT2D eigenvalue weighted by atomic mass is 15.0. The second-order valence-corrected chi connectivity index (χ2v) is 11.7. The third kappa shape index (κ3) is 3.60. The molecule has 0 fully saturated rings. The molecule has 0 atom stereocenters. The SMILES string of the molecule is [C-]#C.c1ccc2c(c1)c1ccccc1c1cc(-n3c4ccccc4c4cc(-n5c6ccccc6c6ccccc65)ccc43)ccc21. The van der Waals surface area contributed by atoms with Crippen LogP contribution in [0.5, 0.6) is 0 Å². The zero-order valence-electron chi connectivity index (χ0n) is 25.0. The lowest BCUT2D eigenvalue weighted by atomic mass is 9.94. The van der Waals surface area contributed by atoms with Crippen molar-refractivity contribution >= 4 is 75.9 Å². The van der Waals surface area contributed by atoms with Gasteiger partial charge in [-0.3, -0.25) is 0 Å². The lowest BCUT2D eigenvalue weighted by molar-refractivity contribution is 1.17. The third-order valence-electron chi connectivity index (χ3n) is 9.48. The molecule has 10 rings (SSSR count). The molecule has 0 saturated carbocycles. The van der Waals surface area contributed by atoms with Crippen LogP contribution in [0.3, 0.4) is 0 Å². The molecule has 46 heavy (non-hydrogen) atoms. The topological polar surface area (TPSA) is 9.86 Å². The minimum atomic E-state index is 1.17. The molecule has 2 nitrogen and oxygen atoms in total. The van der Waals surface area contributed by atoms with Crippen LogP contribution in [0, 0.1) is 12.8 Å². The van der Waals surface area contributed by atoms with Crippen LogP contribution in [-0.2, 0) is 0 Å². The highest BCUT2D eigenvalue weighted by molar-refractivity contribution is 6.25. The van der Waals surface area contributed by atoms with Crippen LogP contribution >= 0.6 is 0 Å². The Morgan fingerprint density at radius 3 is 1.07 bits per heavy atom. The molecule has 0 amide bonds. The molecular weight excluding hydrogens is 556 g/mol. The summed E-state index contributed by atoms with van der Waals surface area (Å²) in [6.45, 7) is 0. The van der Waals surface area contributed by atoms with Gasteiger partial charge in [0.25, 0.3) is 0 Å². The average Bonchev–Trinajstić information content (AvgIpc) is 3.65. The number of nitrogens with zero attached hydrogens (tertiary/aromatic N) is 2. The van der Waals surface area contributed by atoms with E-state index in [0.29, 0.717) is 0 Å². The van der Waals surface area contributed by atoms with Crippen LogP contribution in [0.2, 0.25) is 0 Å². The molecule has 2 heteroatoms. The summed E-state index contributed by atoms with van der Waals surface area (Å²) in [6, 6.07) is 57.8. The second kappa shape index (κ2) is 10.1. The van der Waals surface area contributed by atoms with Gasteiger partial charge >= 0.3 is 0 Å². The molecular formula is C44H27N2-. The van der Waals surface area contributed by atoms with Crippen LogP contribution in [0.15, 0.2) is 158 Å². The maximum Gasteiger partial charge on any atom is 0.0542 e. The first-order chi connectivity index (χ1) is 22.8. The zero-order chi connectivity index (χ0) is 30.8. The minimum Gasteiger partial charge on any atom is -0.697 e. The van der Waals surface area contributed by atoms with E-state index in [1.807, 2.05) is 0 Å².